The minimum absolute atomic E-state index is 0.168. The molecule has 0 amide bonds. The van der Waals surface area contributed by atoms with Gasteiger partial charge in [-0.2, -0.15) is 0 Å². The number of thiol groups is 1. The highest BCUT2D eigenvalue weighted by Gasteiger charge is 2.03. The van der Waals surface area contributed by atoms with E-state index in [2.05, 4.69) is 9.17 Å². The molecule has 72 valence electrons. The van der Waals surface area contributed by atoms with Crippen LogP contribution in [-0.2, 0) is 22.7 Å². The lowest BCUT2D eigenvalue weighted by atomic mass is 10.3. The zero-order chi connectivity index (χ0) is 9.68. The summed E-state index contributed by atoms with van der Waals surface area (Å²) >= 11 is 5.40. The van der Waals surface area contributed by atoms with E-state index in [1.807, 2.05) is 0 Å². The molecule has 0 bridgehead atoms. The Labute approximate surface area is 84.5 Å². The van der Waals surface area contributed by atoms with Gasteiger partial charge in [-0.25, -0.2) is 9.19 Å². The maximum atomic E-state index is 10.00. The zero-order valence-corrected chi connectivity index (χ0v) is 8.51. The molecule has 6 heteroatoms. The molecule has 0 saturated heterocycles. The first-order valence-electron chi connectivity index (χ1n) is 3.42. The third-order valence-corrected chi connectivity index (χ3v) is 1.94. The molecule has 1 aromatic heterocycles. The Kier molecular flexibility index (Phi) is 4.14. The number of hydrogen-bond donors (Lipinski definition) is 1. The van der Waals surface area contributed by atoms with Crippen LogP contribution in [-0.4, -0.2) is 16.3 Å². The molecule has 0 spiro atoms. The van der Waals surface area contributed by atoms with Gasteiger partial charge in [-0.3, -0.25) is 4.18 Å². The zero-order valence-electron chi connectivity index (χ0n) is 6.86. The Balaban J connectivity index is 2.78. The van der Waals surface area contributed by atoms with Gasteiger partial charge in [0, 0.05) is 11.6 Å². The van der Waals surface area contributed by atoms with E-state index in [0.717, 1.165) is 0 Å². The van der Waals surface area contributed by atoms with Crippen LogP contribution in [0.1, 0.15) is 5.56 Å². The highest BCUT2D eigenvalue weighted by Crippen LogP contribution is 2.18. The fourth-order valence-corrected chi connectivity index (χ4v) is 1.16. The van der Waals surface area contributed by atoms with Gasteiger partial charge in [0.1, 0.15) is 17.1 Å². The van der Waals surface area contributed by atoms with Crippen LogP contribution in [0.15, 0.2) is 12.1 Å². The highest BCUT2D eigenvalue weighted by molar-refractivity contribution is 7.60. The van der Waals surface area contributed by atoms with Gasteiger partial charge >= 0.3 is 0 Å². The molecule has 1 rings (SSSR count). The van der Waals surface area contributed by atoms with Crippen molar-refractivity contribution in [1.82, 2.24) is 4.98 Å². The van der Waals surface area contributed by atoms with Gasteiger partial charge in [0.15, 0.2) is 0 Å². The van der Waals surface area contributed by atoms with E-state index in [-0.39, 0.29) is 18.6 Å². The molecule has 0 radical (unpaired) electrons. The maximum absolute atomic E-state index is 10.00. The van der Waals surface area contributed by atoms with Gasteiger partial charge in [-0.1, -0.05) is 11.6 Å². The minimum Gasteiger partial charge on any atom is -0.481 e. The molecule has 0 aliphatic rings. The van der Waals surface area contributed by atoms with Crippen molar-refractivity contribution in [3.8, 4) is 5.88 Å². The molecular formula is C7H8ClNO3S. The summed E-state index contributed by atoms with van der Waals surface area (Å²) in [7, 11) is 1.51. The summed E-state index contributed by atoms with van der Waals surface area (Å²) in [5.74, 6) is 0.438. The molecule has 1 aromatic rings. The molecule has 4 nitrogen and oxygen atoms in total. The molecule has 0 N–H and O–H groups in total. The van der Waals surface area contributed by atoms with E-state index >= 15 is 0 Å². The smallest absolute Gasteiger partial charge is 0.214 e. The monoisotopic (exact) mass is 221 g/mol. The number of pyridine rings is 1. The predicted molar refractivity (Wildman–Crippen MR) is 50.1 cm³/mol. The number of aromatic nitrogens is 1. The van der Waals surface area contributed by atoms with E-state index in [9.17, 15) is 4.21 Å². The first-order chi connectivity index (χ1) is 6.27. The summed E-state index contributed by atoms with van der Waals surface area (Å²) < 4.78 is 19.5. The van der Waals surface area contributed by atoms with Gasteiger partial charge in [0.05, 0.1) is 13.7 Å². The quantitative estimate of drug-likeness (QED) is 0.612. The van der Waals surface area contributed by atoms with Crippen LogP contribution < -0.4 is 4.74 Å². The molecule has 0 atom stereocenters. The van der Waals surface area contributed by atoms with Crippen LogP contribution in [0.5, 0.6) is 5.88 Å². The number of hydrogen-bond acceptors (Lipinski definition) is 4. The Hall–Kier alpha value is -0.650. The van der Waals surface area contributed by atoms with Crippen LogP contribution in [0.2, 0.25) is 5.15 Å². The van der Waals surface area contributed by atoms with Crippen molar-refractivity contribution < 1.29 is 13.1 Å². The van der Waals surface area contributed by atoms with Crippen molar-refractivity contribution in [3.63, 3.8) is 0 Å². The standard InChI is InChI=1S/C7H8ClNO3S/c1-11-6-3-2-5(4-12-13-10)7(8)9-6/h2-3,13H,4H2,1H3. The second-order valence-corrected chi connectivity index (χ2v) is 2.92. The Morgan fingerprint density at radius 2 is 2.38 bits per heavy atom. The lowest BCUT2D eigenvalue weighted by Gasteiger charge is -2.03. The normalized spacial score (nSPS) is 10.0. The molecule has 13 heavy (non-hydrogen) atoms. The Morgan fingerprint density at radius 3 is 2.92 bits per heavy atom. The van der Waals surface area contributed by atoms with Gasteiger partial charge in [0.2, 0.25) is 5.88 Å². The molecule has 1 heterocycles. The van der Waals surface area contributed by atoms with Crippen LogP contribution in [0, 0.1) is 0 Å². The van der Waals surface area contributed by atoms with E-state index in [0.29, 0.717) is 16.6 Å². The molecule has 0 fully saturated rings. The number of methoxy groups -OCH3 is 1. The average Bonchev–Trinajstić information content (AvgIpc) is 2.16. The topological polar surface area (TPSA) is 48.4 Å². The van der Waals surface area contributed by atoms with Crippen LogP contribution >= 0.6 is 11.6 Å². The molecule has 0 aliphatic heterocycles. The van der Waals surface area contributed by atoms with Crippen LogP contribution in [0.3, 0.4) is 0 Å². The van der Waals surface area contributed by atoms with E-state index in [1.165, 1.54) is 7.11 Å². The third kappa shape index (κ3) is 2.95. The summed E-state index contributed by atoms with van der Waals surface area (Å²) in [6.07, 6.45) is 0. The highest BCUT2D eigenvalue weighted by atomic mass is 35.5. The lowest BCUT2D eigenvalue weighted by Crippen LogP contribution is -1.94. The molecule has 0 saturated carbocycles. The Bertz CT molecular complexity index is 308. The van der Waals surface area contributed by atoms with Crippen molar-refractivity contribution in [1.29, 1.82) is 0 Å². The summed E-state index contributed by atoms with van der Waals surface area (Å²) in [5, 5.41) is 0.294. The van der Waals surface area contributed by atoms with Crippen molar-refractivity contribution in [3.05, 3.63) is 22.8 Å². The first kappa shape index (κ1) is 10.4. The first-order valence-corrected chi connectivity index (χ1v) is 4.52. The fourth-order valence-electron chi connectivity index (χ4n) is 0.764. The average molecular weight is 222 g/mol. The number of ether oxygens (including phenoxy) is 1. The summed E-state index contributed by atoms with van der Waals surface area (Å²) in [5.41, 5.74) is 0.672. The van der Waals surface area contributed by atoms with Crippen LogP contribution in [0.4, 0.5) is 0 Å². The fraction of sp³-hybridized carbons (Fsp3) is 0.286. The van der Waals surface area contributed by atoms with Crippen molar-refractivity contribution in [2.75, 3.05) is 7.11 Å². The van der Waals surface area contributed by atoms with Crippen molar-refractivity contribution in [2.45, 2.75) is 6.61 Å². The number of halogens is 1. The van der Waals surface area contributed by atoms with Gasteiger partial charge in [-0.15, -0.1) is 0 Å². The summed E-state index contributed by atoms with van der Waals surface area (Å²) in [6.45, 7) is 0.168. The van der Waals surface area contributed by atoms with Crippen LogP contribution in [0.25, 0.3) is 0 Å². The van der Waals surface area contributed by atoms with Crippen molar-refractivity contribution >= 4 is 23.5 Å². The maximum Gasteiger partial charge on any atom is 0.214 e. The molecule has 0 aromatic carbocycles. The van der Waals surface area contributed by atoms with E-state index in [4.69, 9.17) is 16.3 Å². The summed E-state index contributed by atoms with van der Waals surface area (Å²) in [6, 6.07) is 3.37. The second-order valence-electron chi connectivity index (χ2n) is 2.15. The number of rotatable bonds is 4. The lowest BCUT2D eigenvalue weighted by molar-refractivity contribution is 0.347. The molecule has 0 aliphatic carbocycles. The minimum atomic E-state index is -0.372. The van der Waals surface area contributed by atoms with E-state index in [1.54, 1.807) is 12.1 Å². The Morgan fingerprint density at radius 1 is 1.62 bits per heavy atom. The second kappa shape index (κ2) is 5.16. The largest absolute Gasteiger partial charge is 0.481 e. The number of nitrogens with zero attached hydrogens (tertiary/aromatic N) is 1. The molecule has 0 unspecified atom stereocenters. The van der Waals surface area contributed by atoms with E-state index < -0.39 is 0 Å². The van der Waals surface area contributed by atoms with Gasteiger partial charge in [-0.05, 0) is 6.07 Å². The summed E-state index contributed by atoms with van der Waals surface area (Å²) in [4.78, 5) is 3.90. The van der Waals surface area contributed by atoms with Gasteiger partial charge < -0.3 is 4.74 Å². The third-order valence-electron chi connectivity index (χ3n) is 1.38. The van der Waals surface area contributed by atoms with Gasteiger partial charge in [0.25, 0.3) is 0 Å². The van der Waals surface area contributed by atoms with Crippen molar-refractivity contribution in [2.24, 2.45) is 0 Å². The predicted octanol–water partition coefficient (Wildman–Crippen LogP) is 1.12. The SMILES string of the molecule is COc1ccc(CO[SH]=O)c(Cl)n1. The molecular weight excluding hydrogens is 214 g/mol.